The first-order valence-electron chi connectivity index (χ1n) is 4.12. The SMILES string of the molecule is C1CCCC1.CCCP. The highest BCUT2D eigenvalue weighted by Crippen LogP contribution is 2.15. The molecule has 0 heterocycles. The van der Waals surface area contributed by atoms with Gasteiger partial charge in [-0.15, -0.1) is 9.24 Å². The molecule has 0 saturated heterocycles. The summed E-state index contributed by atoms with van der Waals surface area (Å²) < 4.78 is 0. The second kappa shape index (κ2) is 8.43. The zero-order valence-corrected chi connectivity index (χ0v) is 7.68. The lowest BCUT2D eigenvalue weighted by molar-refractivity contribution is 0.886. The molecule has 0 aromatic carbocycles. The molecule has 1 atom stereocenters. The van der Waals surface area contributed by atoms with E-state index in [9.17, 15) is 0 Å². The first kappa shape index (κ1) is 9.43. The van der Waals surface area contributed by atoms with E-state index in [1.807, 2.05) is 0 Å². The molecule has 0 amide bonds. The molecule has 1 aliphatic rings. The lowest BCUT2D eigenvalue weighted by Gasteiger charge is -1.68. The molecule has 1 rings (SSSR count). The van der Waals surface area contributed by atoms with Gasteiger partial charge in [0.1, 0.15) is 0 Å². The van der Waals surface area contributed by atoms with Crippen molar-refractivity contribution in [2.45, 2.75) is 45.4 Å². The minimum Gasteiger partial charge on any atom is -0.138 e. The standard InChI is InChI=1S/C5H10.C3H9P/c1-2-4-5-3-1;1-2-3-4/h1-5H2;2-4H2,1H3. The Bertz CT molecular complexity index is 30.2. The Morgan fingerprint density at radius 1 is 1.00 bits per heavy atom. The summed E-state index contributed by atoms with van der Waals surface area (Å²) >= 11 is 0. The van der Waals surface area contributed by atoms with Gasteiger partial charge in [-0.1, -0.05) is 45.4 Å². The Kier molecular flexibility index (Phi) is 8.83. The second-order valence-electron chi connectivity index (χ2n) is 2.56. The van der Waals surface area contributed by atoms with Crippen LogP contribution in [0.15, 0.2) is 0 Å². The third kappa shape index (κ3) is 8.43. The maximum Gasteiger partial charge on any atom is -0.0384 e. The fourth-order valence-electron chi connectivity index (χ4n) is 0.884. The zero-order valence-electron chi connectivity index (χ0n) is 6.53. The normalized spacial score (nSPS) is 16.7. The van der Waals surface area contributed by atoms with E-state index in [0.29, 0.717) is 0 Å². The van der Waals surface area contributed by atoms with Crippen LogP contribution in [-0.4, -0.2) is 6.16 Å². The van der Waals surface area contributed by atoms with Crippen molar-refractivity contribution >= 4 is 9.24 Å². The summed E-state index contributed by atoms with van der Waals surface area (Å²) in [5.41, 5.74) is 0. The van der Waals surface area contributed by atoms with Crippen LogP contribution in [0.25, 0.3) is 0 Å². The molecule has 56 valence electrons. The van der Waals surface area contributed by atoms with Gasteiger partial charge in [-0.25, -0.2) is 0 Å². The summed E-state index contributed by atoms with van der Waals surface area (Å²) in [5, 5.41) is 0. The van der Waals surface area contributed by atoms with E-state index in [0.717, 1.165) is 0 Å². The molecule has 1 saturated carbocycles. The molecule has 0 nitrogen and oxygen atoms in total. The molecular weight excluding hydrogens is 127 g/mol. The van der Waals surface area contributed by atoms with Crippen molar-refractivity contribution in [1.29, 1.82) is 0 Å². The average Bonchev–Trinajstić information content (AvgIpc) is 2.43. The minimum atomic E-state index is 1.24. The Hall–Kier alpha value is 0.430. The third-order valence-corrected chi connectivity index (χ3v) is 2.12. The molecule has 1 fully saturated rings. The van der Waals surface area contributed by atoms with Gasteiger partial charge in [0.15, 0.2) is 0 Å². The van der Waals surface area contributed by atoms with E-state index in [1.54, 1.807) is 0 Å². The Balaban J connectivity index is 0.000000148. The summed E-state index contributed by atoms with van der Waals surface area (Å²) in [5.74, 6) is 0. The lowest BCUT2D eigenvalue weighted by atomic mass is 10.4. The van der Waals surface area contributed by atoms with Crippen LogP contribution in [0.1, 0.15) is 45.4 Å². The van der Waals surface area contributed by atoms with Crippen LogP contribution in [0.4, 0.5) is 0 Å². The number of rotatable bonds is 1. The summed E-state index contributed by atoms with van der Waals surface area (Å²) in [7, 11) is 2.66. The van der Waals surface area contributed by atoms with Gasteiger partial charge in [-0.05, 0) is 6.16 Å². The van der Waals surface area contributed by atoms with Gasteiger partial charge in [0.25, 0.3) is 0 Å². The van der Waals surface area contributed by atoms with Crippen molar-refractivity contribution in [2.24, 2.45) is 0 Å². The predicted molar refractivity (Wildman–Crippen MR) is 48.0 cm³/mol. The largest absolute Gasteiger partial charge is 0.138 e. The summed E-state index contributed by atoms with van der Waals surface area (Å²) in [4.78, 5) is 0. The summed E-state index contributed by atoms with van der Waals surface area (Å²) in [6.07, 6.45) is 10.0. The number of hydrogen-bond acceptors (Lipinski definition) is 0. The van der Waals surface area contributed by atoms with Crippen LogP contribution in [0.2, 0.25) is 0 Å². The van der Waals surface area contributed by atoms with Crippen LogP contribution in [-0.2, 0) is 0 Å². The van der Waals surface area contributed by atoms with Crippen LogP contribution in [0.3, 0.4) is 0 Å². The monoisotopic (exact) mass is 146 g/mol. The van der Waals surface area contributed by atoms with Crippen LogP contribution in [0, 0.1) is 0 Å². The van der Waals surface area contributed by atoms with Gasteiger partial charge in [-0.3, -0.25) is 0 Å². The van der Waals surface area contributed by atoms with Gasteiger partial charge < -0.3 is 0 Å². The predicted octanol–water partition coefficient (Wildman–Crippen LogP) is 3.22. The molecule has 1 aliphatic carbocycles. The first-order chi connectivity index (χ1) is 4.41. The van der Waals surface area contributed by atoms with E-state index in [4.69, 9.17) is 0 Å². The maximum atomic E-state index is 2.66. The molecule has 1 heteroatoms. The Labute approximate surface area is 61.6 Å². The van der Waals surface area contributed by atoms with Gasteiger partial charge >= 0.3 is 0 Å². The lowest BCUT2D eigenvalue weighted by Crippen LogP contribution is -1.54. The highest BCUT2D eigenvalue weighted by atomic mass is 31.0. The minimum absolute atomic E-state index is 1.24. The Morgan fingerprint density at radius 3 is 1.33 bits per heavy atom. The average molecular weight is 146 g/mol. The summed E-state index contributed by atoms with van der Waals surface area (Å²) in [6.45, 7) is 2.16. The maximum absolute atomic E-state index is 2.66. The second-order valence-corrected chi connectivity index (χ2v) is 3.13. The van der Waals surface area contributed by atoms with Crippen molar-refractivity contribution in [2.75, 3.05) is 6.16 Å². The highest BCUT2D eigenvalue weighted by Gasteiger charge is 1.95. The van der Waals surface area contributed by atoms with Crippen LogP contribution in [0.5, 0.6) is 0 Å². The topological polar surface area (TPSA) is 0 Å². The molecule has 9 heavy (non-hydrogen) atoms. The van der Waals surface area contributed by atoms with Crippen LogP contribution >= 0.6 is 9.24 Å². The Morgan fingerprint density at radius 2 is 1.22 bits per heavy atom. The van der Waals surface area contributed by atoms with E-state index in [2.05, 4.69) is 16.2 Å². The van der Waals surface area contributed by atoms with Gasteiger partial charge in [0, 0.05) is 0 Å². The van der Waals surface area contributed by atoms with Crippen molar-refractivity contribution < 1.29 is 0 Å². The van der Waals surface area contributed by atoms with Gasteiger partial charge in [-0.2, -0.15) is 0 Å². The molecule has 0 N–H and O–H groups in total. The molecule has 0 aliphatic heterocycles. The van der Waals surface area contributed by atoms with Crippen LogP contribution < -0.4 is 0 Å². The van der Waals surface area contributed by atoms with Gasteiger partial charge in [0.05, 0.1) is 0 Å². The van der Waals surface area contributed by atoms with Crippen molar-refractivity contribution in [3.05, 3.63) is 0 Å². The molecule has 0 spiro atoms. The van der Waals surface area contributed by atoms with Gasteiger partial charge in [0.2, 0.25) is 0 Å². The highest BCUT2D eigenvalue weighted by molar-refractivity contribution is 7.16. The molecular formula is C8H19P. The van der Waals surface area contributed by atoms with E-state index in [-0.39, 0.29) is 0 Å². The van der Waals surface area contributed by atoms with E-state index >= 15 is 0 Å². The van der Waals surface area contributed by atoms with E-state index < -0.39 is 0 Å². The van der Waals surface area contributed by atoms with Crippen molar-refractivity contribution in [3.63, 3.8) is 0 Å². The molecule has 0 bridgehead atoms. The smallest absolute Gasteiger partial charge is 0.0384 e. The zero-order chi connectivity index (χ0) is 6.95. The van der Waals surface area contributed by atoms with Crippen molar-refractivity contribution in [3.8, 4) is 0 Å². The molecule has 0 aromatic rings. The van der Waals surface area contributed by atoms with E-state index in [1.165, 1.54) is 44.7 Å². The van der Waals surface area contributed by atoms with Crippen molar-refractivity contribution in [1.82, 2.24) is 0 Å². The molecule has 0 radical (unpaired) electrons. The quantitative estimate of drug-likeness (QED) is 0.498. The molecule has 1 unspecified atom stereocenters. The molecule has 0 aromatic heterocycles. The third-order valence-electron chi connectivity index (χ3n) is 1.54. The first-order valence-corrected chi connectivity index (χ1v) is 4.93. The summed E-state index contributed by atoms with van der Waals surface area (Å²) in [6, 6.07) is 0. The fourth-order valence-corrected chi connectivity index (χ4v) is 0.884. The number of hydrogen-bond donors (Lipinski definition) is 0. The fraction of sp³-hybridized carbons (Fsp3) is 1.00.